The van der Waals surface area contributed by atoms with Gasteiger partial charge in [-0.15, -0.1) is 0 Å². The van der Waals surface area contributed by atoms with E-state index in [2.05, 4.69) is 4.98 Å². The minimum absolute atomic E-state index is 0.183. The van der Waals surface area contributed by atoms with Crippen LogP contribution in [0.3, 0.4) is 0 Å². The van der Waals surface area contributed by atoms with Crippen LogP contribution in [-0.2, 0) is 24.9 Å². The van der Waals surface area contributed by atoms with Crippen LogP contribution in [0.4, 0.5) is 0 Å². The van der Waals surface area contributed by atoms with E-state index in [-0.39, 0.29) is 11.2 Å². The highest BCUT2D eigenvalue weighted by Crippen LogP contribution is 2.28. The van der Waals surface area contributed by atoms with Crippen LogP contribution in [0.25, 0.3) is 11.2 Å². The molecule has 2 fully saturated rings. The first-order chi connectivity index (χ1) is 13.1. The monoisotopic (exact) mass is 374 g/mol. The molecule has 2 aliphatic rings. The van der Waals surface area contributed by atoms with Gasteiger partial charge >= 0.3 is 5.69 Å². The molecule has 2 aliphatic carbocycles. The number of aryl methyl sites for hydroxylation is 1. The number of nitrogens with zero attached hydrogens (tertiary/aromatic N) is 4. The number of hydrogen-bond donors (Lipinski definition) is 0. The van der Waals surface area contributed by atoms with E-state index >= 15 is 0 Å². The molecule has 0 bridgehead atoms. The highest BCUT2D eigenvalue weighted by Gasteiger charge is 2.25. The average molecular weight is 374 g/mol. The summed E-state index contributed by atoms with van der Waals surface area (Å²) in [6, 6.07) is 0. The summed E-state index contributed by atoms with van der Waals surface area (Å²) in [7, 11) is 3.47. The van der Waals surface area contributed by atoms with Crippen molar-refractivity contribution in [1.29, 1.82) is 0 Å². The summed E-state index contributed by atoms with van der Waals surface area (Å²) < 4.78 is 10.4. The minimum atomic E-state index is -0.257. The third-order valence-electron chi connectivity index (χ3n) is 6.60. The number of ether oxygens (including phenoxy) is 1. The molecule has 0 unspecified atom stereocenters. The van der Waals surface area contributed by atoms with E-state index in [1.54, 1.807) is 20.5 Å². The Morgan fingerprint density at radius 3 is 2.37 bits per heavy atom. The maximum atomic E-state index is 13.2. The van der Waals surface area contributed by atoms with E-state index in [1.807, 2.05) is 4.57 Å². The highest BCUT2D eigenvalue weighted by molar-refractivity contribution is 5.69. The second-order valence-corrected chi connectivity index (χ2v) is 8.36. The molecule has 0 aliphatic heterocycles. The van der Waals surface area contributed by atoms with Crippen LogP contribution >= 0.6 is 0 Å². The Kier molecular flexibility index (Phi) is 5.21. The van der Waals surface area contributed by atoms with Crippen LogP contribution in [0.5, 0.6) is 0 Å². The van der Waals surface area contributed by atoms with Gasteiger partial charge in [-0.05, 0) is 50.4 Å². The summed E-state index contributed by atoms with van der Waals surface area (Å²) in [6.45, 7) is 1.31. The third-order valence-corrected chi connectivity index (χ3v) is 6.60. The molecule has 0 saturated heterocycles. The van der Waals surface area contributed by atoms with Gasteiger partial charge in [0.25, 0.3) is 5.56 Å². The number of rotatable bonds is 5. The molecule has 0 spiro atoms. The van der Waals surface area contributed by atoms with Crippen molar-refractivity contribution < 1.29 is 4.74 Å². The molecule has 2 heterocycles. The van der Waals surface area contributed by atoms with Crippen LogP contribution < -0.4 is 11.2 Å². The van der Waals surface area contributed by atoms with Crippen LogP contribution in [0, 0.1) is 11.8 Å². The lowest BCUT2D eigenvalue weighted by Crippen LogP contribution is -2.42. The molecular weight excluding hydrogens is 344 g/mol. The Balaban J connectivity index is 1.66. The Labute approximate surface area is 159 Å². The molecule has 7 heteroatoms. The zero-order valence-electron chi connectivity index (χ0n) is 16.4. The lowest BCUT2D eigenvalue weighted by molar-refractivity contribution is 0.0538. The molecule has 27 heavy (non-hydrogen) atoms. The molecule has 0 amide bonds. The third kappa shape index (κ3) is 3.49. The van der Waals surface area contributed by atoms with Gasteiger partial charge in [0.15, 0.2) is 11.2 Å². The van der Waals surface area contributed by atoms with Crippen molar-refractivity contribution >= 4 is 11.2 Å². The zero-order valence-corrected chi connectivity index (χ0v) is 16.4. The molecular formula is C20H30N4O3. The topological polar surface area (TPSA) is 71.1 Å². The lowest BCUT2D eigenvalue weighted by atomic mass is 9.87. The second-order valence-electron chi connectivity index (χ2n) is 8.36. The van der Waals surface area contributed by atoms with Gasteiger partial charge in [-0.1, -0.05) is 12.8 Å². The van der Waals surface area contributed by atoms with E-state index in [1.165, 1.54) is 34.8 Å². The predicted octanol–water partition coefficient (Wildman–Crippen LogP) is 2.29. The average Bonchev–Trinajstić information content (AvgIpc) is 3.34. The minimum Gasteiger partial charge on any atom is -0.381 e. The van der Waals surface area contributed by atoms with E-state index in [0.717, 1.165) is 32.2 Å². The number of imidazole rings is 1. The van der Waals surface area contributed by atoms with Gasteiger partial charge in [0, 0.05) is 27.2 Å². The van der Waals surface area contributed by atoms with Gasteiger partial charge in [0.1, 0.15) is 0 Å². The van der Waals surface area contributed by atoms with E-state index in [9.17, 15) is 9.59 Å². The summed E-state index contributed by atoms with van der Waals surface area (Å²) in [5.41, 5.74) is 0.641. The summed E-state index contributed by atoms with van der Waals surface area (Å²) in [5, 5.41) is 0. The molecule has 2 aromatic rings. The fourth-order valence-electron chi connectivity index (χ4n) is 4.90. The van der Waals surface area contributed by atoms with Crippen molar-refractivity contribution in [3.63, 3.8) is 0 Å². The van der Waals surface area contributed by atoms with Crippen molar-refractivity contribution in [1.82, 2.24) is 18.7 Å². The summed E-state index contributed by atoms with van der Waals surface area (Å²) in [6.07, 6.45) is 11.0. The van der Waals surface area contributed by atoms with Gasteiger partial charge in [-0.3, -0.25) is 13.9 Å². The standard InChI is InChI=1S/C20H30N4O3/c1-22-18-17(23(13-21-18)11-14-5-3-4-6-14)19(25)24(20(22)26)12-15-7-9-16(27-2)10-8-15/h13-16H,3-12H2,1-2H3. The van der Waals surface area contributed by atoms with Crippen molar-refractivity contribution in [2.75, 3.05) is 7.11 Å². The van der Waals surface area contributed by atoms with E-state index < -0.39 is 0 Å². The van der Waals surface area contributed by atoms with Crippen LogP contribution in [0.1, 0.15) is 51.4 Å². The maximum absolute atomic E-state index is 13.2. The molecule has 148 valence electrons. The highest BCUT2D eigenvalue weighted by atomic mass is 16.5. The van der Waals surface area contributed by atoms with Gasteiger partial charge in [0.05, 0.1) is 12.4 Å². The number of methoxy groups -OCH3 is 1. The van der Waals surface area contributed by atoms with Gasteiger partial charge in [-0.25, -0.2) is 9.78 Å². The Morgan fingerprint density at radius 2 is 1.70 bits per heavy atom. The Hall–Kier alpha value is -1.89. The lowest BCUT2D eigenvalue weighted by Gasteiger charge is -2.27. The van der Waals surface area contributed by atoms with Gasteiger partial charge in [0.2, 0.25) is 0 Å². The molecule has 2 saturated carbocycles. The summed E-state index contributed by atoms with van der Waals surface area (Å²) in [5.74, 6) is 0.960. The van der Waals surface area contributed by atoms with E-state index in [0.29, 0.717) is 35.6 Å². The van der Waals surface area contributed by atoms with E-state index in [4.69, 9.17) is 4.74 Å². The van der Waals surface area contributed by atoms with Gasteiger partial charge in [-0.2, -0.15) is 0 Å². The summed E-state index contributed by atoms with van der Waals surface area (Å²) in [4.78, 5) is 30.4. The normalized spacial score (nSPS) is 24.1. The Morgan fingerprint density at radius 1 is 1.04 bits per heavy atom. The molecule has 0 atom stereocenters. The summed E-state index contributed by atoms with van der Waals surface area (Å²) >= 11 is 0. The SMILES string of the molecule is COC1CCC(Cn2c(=O)c3c(ncn3CC3CCCC3)n(C)c2=O)CC1. The van der Waals surface area contributed by atoms with Crippen molar-refractivity contribution in [3.05, 3.63) is 27.2 Å². The van der Waals surface area contributed by atoms with Crippen LogP contribution in [0.2, 0.25) is 0 Å². The maximum Gasteiger partial charge on any atom is 0.332 e. The second kappa shape index (κ2) is 7.62. The molecule has 0 N–H and O–H groups in total. The first-order valence-corrected chi connectivity index (χ1v) is 10.3. The first kappa shape index (κ1) is 18.5. The van der Waals surface area contributed by atoms with Gasteiger partial charge < -0.3 is 9.30 Å². The molecule has 2 aromatic heterocycles. The smallest absolute Gasteiger partial charge is 0.332 e. The van der Waals surface area contributed by atoms with Crippen molar-refractivity contribution in [2.45, 2.75) is 70.6 Å². The fourth-order valence-corrected chi connectivity index (χ4v) is 4.90. The molecule has 0 aromatic carbocycles. The number of aromatic nitrogens is 4. The quantitative estimate of drug-likeness (QED) is 0.805. The van der Waals surface area contributed by atoms with Crippen LogP contribution in [-0.4, -0.2) is 31.9 Å². The van der Waals surface area contributed by atoms with Crippen LogP contribution in [0.15, 0.2) is 15.9 Å². The zero-order chi connectivity index (χ0) is 19.0. The number of fused-ring (bicyclic) bond motifs is 1. The van der Waals surface area contributed by atoms with Crippen molar-refractivity contribution in [2.24, 2.45) is 18.9 Å². The number of hydrogen-bond acceptors (Lipinski definition) is 4. The fraction of sp³-hybridized carbons (Fsp3) is 0.750. The Bertz CT molecular complexity index is 912. The molecule has 4 rings (SSSR count). The molecule has 0 radical (unpaired) electrons. The molecule has 7 nitrogen and oxygen atoms in total. The largest absolute Gasteiger partial charge is 0.381 e. The predicted molar refractivity (Wildman–Crippen MR) is 104 cm³/mol. The first-order valence-electron chi connectivity index (χ1n) is 10.3. The van der Waals surface area contributed by atoms with Crippen molar-refractivity contribution in [3.8, 4) is 0 Å².